The summed E-state index contributed by atoms with van der Waals surface area (Å²) in [7, 11) is 0. The number of hydrogen-bond acceptors (Lipinski definition) is 8. The van der Waals surface area contributed by atoms with Crippen LogP contribution in [0.3, 0.4) is 0 Å². The first kappa shape index (κ1) is 25.1. The SMILES string of the molecule is C=CCOC(=O)CC(Cn1c(=O)sc2ccccc21)(C(=O)OCC)C(=O)OCC.O. The van der Waals surface area contributed by atoms with Gasteiger partial charge in [0, 0.05) is 0 Å². The maximum atomic E-state index is 12.9. The van der Waals surface area contributed by atoms with Gasteiger partial charge < -0.3 is 19.7 Å². The molecule has 0 atom stereocenters. The van der Waals surface area contributed by atoms with E-state index in [-0.39, 0.29) is 30.2 Å². The topological polar surface area (TPSA) is 132 Å². The number of carbonyl (C=O) groups is 3. The van der Waals surface area contributed by atoms with Crippen molar-refractivity contribution < 1.29 is 34.1 Å². The van der Waals surface area contributed by atoms with Crippen molar-refractivity contribution in [3.63, 3.8) is 0 Å². The van der Waals surface area contributed by atoms with Crippen molar-refractivity contribution in [3.8, 4) is 0 Å². The number of esters is 3. The smallest absolute Gasteiger partial charge is 0.325 e. The fraction of sp³-hybridized carbons (Fsp3) is 0.400. The highest BCUT2D eigenvalue weighted by Crippen LogP contribution is 2.31. The van der Waals surface area contributed by atoms with Gasteiger partial charge in [-0.3, -0.25) is 23.7 Å². The molecule has 1 aromatic heterocycles. The van der Waals surface area contributed by atoms with Gasteiger partial charge in [-0.1, -0.05) is 36.1 Å². The third-order valence-corrected chi connectivity index (χ3v) is 5.10. The van der Waals surface area contributed by atoms with E-state index >= 15 is 0 Å². The van der Waals surface area contributed by atoms with E-state index in [0.29, 0.717) is 10.2 Å². The van der Waals surface area contributed by atoms with Gasteiger partial charge in [-0.05, 0) is 26.0 Å². The van der Waals surface area contributed by atoms with Crippen molar-refractivity contribution in [1.29, 1.82) is 0 Å². The molecule has 2 rings (SSSR count). The predicted octanol–water partition coefficient (Wildman–Crippen LogP) is 1.47. The number of hydrogen-bond donors (Lipinski definition) is 0. The summed E-state index contributed by atoms with van der Waals surface area (Å²) in [6.07, 6.45) is 0.736. The Morgan fingerprint density at radius 1 is 1.10 bits per heavy atom. The van der Waals surface area contributed by atoms with Crippen LogP contribution in [0.4, 0.5) is 0 Å². The van der Waals surface area contributed by atoms with E-state index in [9.17, 15) is 19.2 Å². The monoisotopic (exact) mass is 439 g/mol. The van der Waals surface area contributed by atoms with Crippen LogP contribution in [0.2, 0.25) is 0 Å². The molecule has 0 amide bonds. The van der Waals surface area contributed by atoms with Crippen LogP contribution >= 0.6 is 11.3 Å². The number of benzene rings is 1. The molecule has 10 heteroatoms. The van der Waals surface area contributed by atoms with E-state index in [1.807, 2.05) is 0 Å². The second kappa shape index (κ2) is 11.3. The van der Waals surface area contributed by atoms with Crippen molar-refractivity contribution in [3.05, 3.63) is 46.6 Å². The maximum absolute atomic E-state index is 12.9. The van der Waals surface area contributed by atoms with Crippen molar-refractivity contribution in [1.82, 2.24) is 4.57 Å². The second-order valence-electron chi connectivity index (χ2n) is 6.09. The second-order valence-corrected chi connectivity index (χ2v) is 7.09. The third kappa shape index (κ3) is 5.33. The zero-order valence-corrected chi connectivity index (χ0v) is 17.7. The number of ether oxygens (including phenoxy) is 3. The average Bonchev–Trinajstić information content (AvgIpc) is 3.01. The molecule has 1 heterocycles. The molecule has 0 saturated heterocycles. The lowest BCUT2D eigenvalue weighted by Gasteiger charge is -2.28. The van der Waals surface area contributed by atoms with Crippen LogP contribution in [0, 0.1) is 5.41 Å². The molecule has 164 valence electrons. The number of rotatable bonds is 10. The van der Waals surface area contributed by atoms with E-state index in [1.165, 1.54) is 10.6 Å². The van der Waals surface area contributed by atoms with E-state index in [0.717, 1.165) is 11.3 Å². The molecule has 2 aromatic rings. The molecule has 30 heavy (non-hydrogen) atoms. The molecule has 2 N–H and O–H groups in total. The minimum atomic E-state index is -2.06. The van der Waals surface area contributed by atoms with Gasteiger partial charge in [0.05, 0.1) is 36.4 Å². The number of nitrogens with zero attached hydrogens (tertiary/aromatic N) is 1. The Bertz CT molecular complexity index is 943. The molecule has 0 aliphatic heterocycles. The quantitative estimate of drug-likeness (QED) is 0.237. The molecular formula is C20H25NO8S. The Labute approximate surface area is 177 Å². The largest absolute Gasteiger partial charge is 0.465 e. The summed E-state index contributed by atoms with van der Waals surface area (Å²) in [5, 5.41) is 0. The summed E-state index contributed by atoms with van der Waals surface area (Å²) in [5.41, 5.74) is -1.52. The standard InChI is InChI=1S/C20H23NO7S.H2O/c1-4-11-28-16(22)12-20(17(23)26-5-2,18(24)27-6-3)13-21-14-9-7-8-10-15(14)29-19(21)25;/h4,7-10H,1,5-6,11-13H2,2-3H3;1H2. The molecule has 0 spiro atoms. The molecule has 0 aliphatic rings. The lowest BCUT2D eigenvalue weighted by atomic mass is 9.83. The summed E-state index contributed by atoms with van der Waals surface area (Å²) < 4.78 is 17.2. The Balaban J connectivity index is 0.00000450. The number of carbonyl (C=O) groups excluding carboxylic acids is 3. The maximum Gasteiger partial charge on any atom is 0.325 e. The van der Waals surface area contributed by atoms with Gasteiger partial charge in [-0.2, -0.15) is 0 Å². The average molecular weight is 439 g/mol. The van der Waals surface area contributed by atoms with E-state index < -0.39 is 36.3 Å². The summed E-state index contributed by atoms with van der Waals surface area (Å²) in [4.78, 5) is 50.4. The molecule has 0 bridgehead atoms. The molecule has 0 saturated carbocycles. The van der Waals surface area contributed by atoms with E-state index in [1.54, 1.807) is 38.1 Å². The summed E-state index contributed by atoms with van der Waals surface area (Å²) in [6, 6.07) is 6.97. The van der Waals surface area contributed by atoms with Gasteiger partial charge >= 0.3 is 22.8 Å². The highest BCUT2D eigenvalue weighted by atomic mass is 32.1. The molecule has 0 unspecified atom stereocenters. The summed E-state index contributed by atoms with van der Waals surface area (Å²) in [5.74, 6) is -2.70. The van der Waals surface area contributed by atoms with Gasteiger partial charge in [-0.15, -0.1) is 0 Å². The molecule has 9 nitrogen and oxygen atoms in total. The zero-order chi connectivity index (χ0) is 21.4. The van der Waals surface area contributed by atoms with Crippen molar-refractivity contribution in [2.75, 3.05) is 19.8 Å². The molecule has 1 aromatic carbocycles. The van der Waals surface area contributed by atoms with Crippen LogP contribution in [0.25, 0.3) is 10.2 Å². The van der Waals surface area contributed by atoms with Crippen molar-refractivity contribution in [2.24, 2.45) is 5.41 Å². The van der Waals surface area contributed by atoms with Crippen LogP contribution < -0.4 is 4.87 Å². The first-order valence-electron chi connectivity index (χ1n) is 9.09. The fourth-order valence-electron chi connectivity index (χ4n) is 2.83. The first-order chi connectivity index (χ1) is 13.9. The minimum Gasteiger partial charge on any atom is -0.465 e. The highest BCUT2D eigenvalue weighted by molar-refractivity contribution is 7.16. The van der Waals surface area contributed by atoms with Gasteiger partial charge in [0.2, 0.25) is 0 Å². The van der Waals surface area contributed by atoms with Crippen LogP contribution in [-0.2, 0) is 35.1 Å². The van der Waals surface area contributed by atoms with Gasteiger partial charge in [0.1, 0.15) is 6.61 Å². The van der Waals surface area contributed by atoms with Gasteiger partial charge in [-0.25, -0.2) is 0 Å². The summed E-state index contributed by atoms with van der Waals surface area (Å²) in [6.45, 7) is 6.11. The summed E-state index contributed by atoms with van der Waals surface area (Å²) >= 11 is 0.976. The van der Waals surface area contributed by atoms with Gasteiger partial charge in [0.25, 0.3) is 0 Å². The Morgan fingerprint density at radius 3 is 2.27 bits per heavy atom. The Morgan fingerprint density at radius 2 is 1.70 bits per heavy atom. The molecule has 0 radical (unpaired) electrons. The van der Waals surface area contributed by atoms with Gasteiger partial charge in [0.15, 0.2) is 5.41 Å². The number of fused-ring (bicyclic) bond motifs is 1. The van der Waals surface area contributed by atoms with Crippen LogP contribution in [0.1, 0.15) is 20.3 Å². The van der Waals surface area contributed by atoms with Crippen LogP contribution in [0.5, 0.6) is 0 Å². The Kier molecular flexibility index (Phi) is 9.41. The molecule has 0 fully saturated rings. The van der Waals surface area contributed by atoms with Crippen molar-refractivity contribution >= 4 is 39.5 Å². The van der Waals surface area contributed by atoms with Crippen LogP contribution in [-0.4, -0.2) is 47.8 Å². The van der Waals surface area contributed by atoms with E-state index in [2.05, 4.69) is 6.58 Å². The lowest BCUT2D eigenvalue weighted by molar-refractivity contribution is -0.178. The van der Waals surface area contributed by atoms with Crippen LogP contribution in [0.15, 0.2) is 41.7 Å². The van der Waals surface area contributed by atoms with E-state index in [4.69, 9.17) is 14.2 Å². The highest BCUT2D eigenvalue weighted by Gasteiger charge is 2.52. The molecular weight excluding hydrogens is 414 g/mol. The number of aromatic nitrogens is 1. The Hall–Kier alpha value is -2.98. The minimum absolute atomic E-state index is 0. The number of thiazole rings is 1. The van der Waals surface area contributed by atoms with Crippen molar-refractivity contribution in [2.45, 2.75) is 26.8 Å². The number of para-hydroxylation sites is 1. The normalized spacial score (nSPS) is 10.7. The third-order valence-electron chi connectivity index (χ3n) is 4.14. The lowest BCUT2D eigenvalue weighted by Crippen LogP contribution is -2.48. The zero-order valence-electron chi connectivity index (χ0n) is 16.8. The molecule has 0 aliphatic carbocycles. The fourth-order valence-corrected chi connectivity index (χ4v) is 3.72. The first-order valence-corrected chi connectivity index (χ1v) is 9.90. The predicted molar refractivity (Wildman–Crippen MR) is 111 cm³/mol.